The summed E-state index contributed by atoms with van der Waals surface area (Å²) in [7, 11) is 1.57. The molecule has 1 aromatic heterocycles. The highest BCUT2D eigenvalue weighted by Crippen LogP contribution is 2.27. The average molecular weight is 274 g/mol. The van der Waals surface area contributed by atoms with Crippen LogP contribution < -0.4 is 14.8 Å². The minimum absolute atomic E-state index is 0.144. The molecule has 5 nitrogen and oxygen atoms in total. The quantitative estimate of drug-likeness (QED) is 0.850. The second-order valence-corrected chi connectivity index (χ2v) is 4.20. The summed E-state index contributed by atoms with van der Waals surface area (Å²) in [5.74, 6) is 1.05. The third-order valence-corrected chi connectivity index (χ3v) is 2.84. The molecule has 0 atom stereocenters. The van der Waals surface area contributed by atoms with Crippen molar-refractivity contribution in [3.8, 4) is 11.5 Å². The number of methoxy groups -OCH3 is 1. The van der Waals surface area contributed by atoms with E-state index in [4.69, 9.17) is 9.47 Å². The molecule has 1 amide bonds. The molecule has 0 unspecified atom stereocenters. The van der Waals surface area contributed by atoms with Crippen LogP contribution in [0.25, 0.3) is 0 Å². The molecular weight excluding hydrogens is 256 g/mol. The number of amides is 1. The molecule has 0 saturated carbocycles. The van der Waals surface area contributed by atoms with Gasteiger partial charge < -0.3 is 19.8 Å². The fraction of sp³-hybridized carbons (Fsp3) is 0.267. The highest BCUT2D eigenvalue weighted by molar-refractivity contribution is 5.94. The Labute approximate surface area is 117 Å². The number of benzene rings is 1. The average Bonchev–Trinajstić information content (AvgIpc) is 2.98. The fourth-order valence-electron chi connectivity index (χ4n) is 1.84. The molecule has 106 valence electrons. The van der Waals surface area contributed by atoms with E-state index < -0.39 is 0 Å². The Balaban J connectivity index is 2.07. The molecule has 0 saturated heterocycles. The van der Waals surface area contributed by atoms with Crippen LogP contribution in [-0.2, 0) is 6.54 Å². The third kappa shape index (κ3) is 3.32. The fourth-order valence-corrected chi connectivity index (χ4v) is 1.84. The van der Waals surface area contributed by atoms with E-state index in [2.05, 4.69) is 10.3 Å². The highest BCUT2D eigenvalue weighted by atomic mass is 16.5. The summed E-state index contributed by atoms with van der Waals surface area (Å²) >= 11 is 0. The van der Waals surface area contributed by atoms with Crippen molar-refractivity contribution in [1.29, 1.82) is 0 Å². The van der Waals surface area contributed by atoms with Crippen LogP contribution >= 0.6 is 0 Å². The van der Waals surface area contributed by atoms with Crippen LogP contribution in [0.15, 0.2) is 36.7 Å². The van der Waals surface area contributed by atoms with Crippen LogP contribution in [0.3, 0.4) is 0 Å². The number of aromatic nitrogens is 1. The van der Waals surface area contributed by atoms with Crippen molar-refractivity contribution < 1.29 is 14.3 Å². The Bertz CT molecular complexity index is 565. The summed E-state index contributed by atoms with van der Waals surface area (Å²) in [4.78, 5) is 15.0. The van der Waals surface area contributed by atoms with Crippen molar-refractivity contribution in [1.82, 2.24) is 10.3 Å². The van der Waals surface area contributed by atoms with E-state index >= 15 is 0 Å². The number of carbonyl (C=O) groups excluding carboxylic acids is 1. The standard InChI is InChI=1S/C15H18N2O3/c1-3-20-14-8-12(4-5-13(14)19-2)15(18)17-10-11-6-7-16-9-11/h4-9,16H,3,10H2,1-2H3,(H,17,18). The molecule has 0 bridgehead atoms. The number of hydrogen-bond donors (Lipinski definition) is 2. The lowest BCUT2D eigenvalue weighted by atomic mass is 10.2. The van der Waals surface area contributed by atoms with E-state index in [-0.39, 0.29) is 5.91 Å². The van der Waals surface area contributed by atoms with Crippen molar-refractivity contribution in [2.75, 3.05) is 13.7 Å². The summed E-state index contributed by atoms with van der Waals surface area (Å²) in [6.45, 7) is 2.89. The Kier molecular flexibility index (Phi) is 4.65. The van der Waals surface area contributed by atoms with E-state index in [0.29, 0.717) is 30.2 Å². The normalized spacial score (nSPS) is 10.1. The van der Waals surface area contributed by atoms with Gasteiger partial charge in [0.1, 0.15) is 0 Å². The Morgan fingerprint density at radius 2 is 2.15 bits per heavy atom. The van der Waals surface area contributed by atoms with Crippen molar-refractivity contribution in [2.45, 2.75) is 13.5 Å². The van der Waals surface area contributed by atoms with Crippen molar-refractivity contribution in [3.63, 3.8) is 0 Å². The predicted molar refractivity (Wildman–Crippen MR) is 76.1 cm³/mol. The number of nitrogens with one attached hydrogen (secondary N) is 2. The molecule has 0 aliphatic carbocycles. The van der Waals surface area contributed by atoms with Crippen LogP contribution in [0.1, 0.15) is 22.8 Å². The Morgan fingerprint density at radius 1 is 1.30 bits per heavy atom. The minimum Gasteiger partial charge on any atom is -0.493 e. The van der Waals surface area contributed by atoms with Gasteiger partial charge >= 0.3 is 0 Å². The molecule has 0 spiro atoms. The number of carbonyl (C=O) groups is 1. The van der Waals surface area contributed by atoms with E-state index in [1.54, 1.807) is 25.3 Å². The van der Waals surface area contributed by atoms with E-state index in [0.717, 1.165) is 5.56 Å². The van der Waals surface area contributed by atoms with Gasteiger partial charge in [0.25, 0.3) is 5.91 Å². The van der Waals surface area contributed by atoms with Gasteiger partial charge in [0, 0.05) is 24.5 Å². The molecule has 1 heterocycles. The maximum absolute atomic E-state index is 12.1. The number of hydrogen-bond acceptors (Lipinski definition) is 3. The molecule has 2 aromatic rings. The highest BCUT2D eigenvalue weighted by Gasteiger charge is 2.10. The zero-order valence-electron chi connectivity index (χ0n) is 11.6. The van der Waals surface area contributed by atoms with E-state index in [1.165, 1.54) is 0 Å². The van der Waals surface area contributed by atoms with Crippen molar-refractivity contribution in [3.05, 3.63) is 47.8 Å². The minimum atomic E-state index is -0.144. The third-order valence-electron chi connectivity index (χ3n) is 2.84. The summed E-state index contributed by atoms with van der Waals surface area (Å²) in [5, 5.41) is 2.85. The molecule has 0 radical (unpaired) electrons. The van der Waals surface area contributed by atoms with Gasteiger partial charge in [-0.25, -0.2) is 0 Å². The van der Waals surface area contributed by atoms with Crippen LogP contribution in [-0.4, -0.2) is 24.6 Å². The molecule has 5 heteroatoms. The van der Waals surface area contributed by atoms with Crippen LogP contribution in [0.5, 0.6) is 11.5 Å². The van der Waals surface area contributed by atoms with Crippen LogP contribution in [0, 0.1) is 0 Å². The summed E-state index contributed by atoms with van der Waals surface area (Å²) < 4.78 is 10.6. The number of rotatable bonds is 6. The van der Waals surface area contributed by atoms with Gasteiger partial charge in [-0.05, 0) is 36.8 Å². The van der Waals surface area contributed by atoms with Gasteiger partial charge in [0.05, 0.1) is 13.7 Å². The molecule has 0 aliphatic rings. The Morgan fingerprint density at radius 3 is 2.80 bits per heavy atom. The summed E-state index contributed by atoms with van der Waals surface area (Å²) in [5.41, 5.74) is 1.57. The molecule has 20 heavy (non-hydrogen) atoms. The van der Waals surface area contributed by atoms with E-state index in [1.807, 2.05) is 25.4 Å². The lowest BCUT2D eigenvalue weighted by Crippen LogP contribution is -2.22. The Hall–Kier alpha value is -2.43. The number of ether oxygens (including phenoxy) is 2. The molecule has 2 N–H and O–H groups in total. The second kappa shape index (κ2) is 6.65. The van der Waals surface area contributed by atoms with Crippen LogP contribution in [0.2, 0.25) is 0 Å². The predicted octanol–water partition coefficient (Wildman–Crippen LogP) is 2.35. The number of aromatic amines is 1. The zero-order chi connectivity index (χ0) is 14.4. The van der Waals surface area contributed by atoms with Gasteiger partial charge in [-0.1, -0.05) is 0 Å². The lowest BCUT2D eigenvalue weighted by Gasteiger charge is -2.11. The number of H-pyrrole nitrogens is 1. The van der Waals surface area contributed by atoms with Crippen molar-refractivity contribution in [2.24, 2.45) is 0 Å². The summed E-state index contributed by atoms with van der Waals surface area (Å²) in [6.07, 6.45) is 3.67. The first-order chi connectivity index (χ1) is 9.74. The van der Waals surface area contributed by atoms with Gasteiger partial charge in [-0.3, -0.25) is 4.79 Å². The zero-order valence-corrected chi connectivity index (χ0v) is 11.6. The van der Waals surface area contributed by atoms with Crippen molar-refractivity contribution >= 4 is 5.91 Å². The maximum Gasteiger partial charge on any atom is 0.251 e. The van der Waals surface area contributed by atoms with E-state index in [9.17, 15) is 4.79 Å². The first-order valence-electron chi connectivity index (χ1n) is 6.45. The van der Waals surface area contributed by atoms with Gasteiger partial charge in [-0.15, -0.1) is 0 Å². The lowest BCUT2D eigenvalue weighted by molar-refractivity contribution is 0.0950. The molecular formula is C15H18N2O3. The monoisotopic (exact) mass is 274 g/mol. The first-order valence-corrected chi connectivity index (χ1v) is 6.45. The van der Waals surface area contributed by atoms with Gasteiger partial charge in [0.2, 0.25) is 0 Å². The largest absolute Gasteiger partial charge is 0.493 e. The second-order valence-electron chi connectivity index (χ2n) is 4.20. The first kappa shape index (κ1) is 14.0. The SMILES string of the molecule is CCOc1cc(C(=O)NCc2cc[nH]c2)ccc1OC. The van der Waals surface area contributed by atoms with Gasteiger partial charge in [0.15, 0.2) is 11.5 Å². The van der Waals surface area contributed by atoms with Crippen LogP contribution in [0.4, 0.5) is 0 Å². The smallest absolute Gasteiger partial charge is 0.251 e. The molecule has 2 rings (SSSR count). The molecule has 0 aliphatic heterocycles. The van der Waals surface area contributed by atoms with Gasteiger partial charge in [-0.2, -0.15) is 0 Å². The summed E-state index contributed by atoms with van der Waals surface area (Å²) in [6, 6.07) is 7.05. The molecule has 1 aromatic carbocycles. The molecule has 0 fully saturated rings. The maximum atomic E-state index is 12.1. The topological polar surface area (TPSA) is 63.3 Å².